The molecule has 40 heteroatoms. The summed E-state index contributed by atoms with van der Waals surface area (Å²) in [6.45, 7) is 17.0. The highest BCUT2D eigenvalue weighted by Gasteiger charge is 2.48. The topological polar surface area (TPSA) is 446 Å². The lowest BCUT2D eigenvalue weighted by Gasteiger charge is -2.22. The van der Waals surface area contributed by atoms with E-state index < -0.39 is 94.1 Å². The van der Waals surface area contributed by atoms with Gasteiger partial charge in [-0.15, -0.1) is 0 Å². The Morgan fingerprint density at radius 2 is 0.643 bits per heavy atom. The summed E-state index contributed by atoms with van der Waals surface area (Å²) in [6.07, 6.45) is -6.91. The number of aliphatic hydroxyl groups excluding tert-OH is 5. The number of nitrogens with one attached hydrogen (secondary N) is 4. The van der Waals surface area contributed by atoms with Gasteiger partial charge in [-0.3, -0.25) is 18.3 Å². The Hall–Kier alpha value is -9.47. The molecule has 31 nitrogen and oxygen atoms in total. The Balaban J connectivity index is 0.000000147. The molecule has 18 rings (SSSR count). The molecule has 8 heterocycles. The van der Waals surface area contributed by atoms with Crippen molar-refractivity contribution in [3.8, 4) is 0 Å². The highest BCUT2D eigenvalue weighted by atomic mass is 35.9. The van der Waals surface area contributed by atoms with Gasteiger partial charge in [-0.05, 0) is 194 Å². The molecular weight excluding hydrogens is 2010 g/mol. The van der Waals surface area contributed by atoms with Crippen LogP contribution in [0.1, 0.15) is 138 Å². The fraction of sp³-hybridized carbons (Fsp3) is 0.340. The maximum atomic E-state index is 11.9. The van der Waals surface area contributed by atoms with Gasteiger partial charge in [0.2, 0.25) is 5.28 Å². The SMILES string of the molecule is CC[C@H]1O[C@@H](c2ccc3c(NCc4ccccc4)nc(C)nc3c2)[C@H](OCc2ccccc2)[C@@H]1C.CC[C@H]1O[C@@H](c2ccc3c(NCc4ccccc4)nc(Cl)nc3c2)[C@H](OCc2ccccc2)[C@@H]1C.Cc1nc(NCc2ccccc2)c2ccc([C@@H]3O[C@H](CO)[C@@H](O)[C@H]3O)cc2n1.Cc1nc(NCc2ccccc2)c2ccc([C@@H]3O[C@H](COP(=O)(O)CP(=O)(O)O)[C@@H](O)[C@H]3O)cc2n1.O=P(Cl)(Cl)CP(=O)(Cl)Cl. The average molecular weight is 2130 g/mol. The van der Waals surface area contributed by atoms with Gasteiger partial charge in [0.05, 0.1) is 72.9 Å². The zero-order valence-electron chi connectivity index (χ0n) is 79.3. The van der Waals surface area contributed by atoms with E-state index in [2.05, 4.69) is 181 Å². The number of aromatic nitrogens is 8. The molecule has 0 radical (unpaired) electrons. The van der Waals surface area contributed by atoms with Gasteiger partial charge in [0.25, 0.3) is 11.7 Å². The molecule has 14 aromatic rings. The molecular formula is C103H115Cl5N12O19P4. The molecule has 0 spiro atoms. The molecule has 4 fully saturated rings. The number of benzene rings is 10. The largest absolute Gasteiger partial charge is 0.394 e. The minimum Gasteiger partial charge on any atom is -0.394 e. The van der Waals surface area contributed by atoms with Gasteiger partial charge in [0.15, 0.2) is 5.90 Å². The van der Waals surface area contributed by atoms with Crippen molar-refractivity contribution in [2.75, 3.05) is 46.3 Å². The van der Waals surface area contributed by atoms with Gasteiger partial charge in [-0.2, -0.15) is 0 Å². The van der Waals surface area contributed by atoms with Gasteiger partial charge < -0.3 is 94.4 Å². The fourth-order valence-corrected chi connectivity index (χ4v) is 29.2. The second kappa shape index (κ2) is 50.3. The zero-order chi connectivity index (χ0) is 102. The first-order valence-corrected chi connectivity index (χ1v) is 57.9. The number of halogens is 5. The van der Waals surface area contributed by atoms with Crippen LogP contribution in [0, 0.1) is 32.6 Å². The van der Waals surface area contributed by atoms with Crippen LogP contribution >= 0.6 is 83.5 Å². The van der Waals surface area contributed by atoms with E-state index in [-0.39, 0.29) is 54.4 Å². The van der Waals surface area contributed by atoms with Crippen LogP contribution in [-0.2, 0) is 90.6 Å². The van der Waals surface area contributed by atoms with Gasteiger partial charge in [0, 0.05) is 59.6 Å². The van der Waals surface area contributed by atoms with E-state index in [1.54, 1.807) is 25.1 Å². The Bertz CT molecular complexity index is 6570. The van der Waals surface area contributed by atoms with E-state index >= 15 is 0 Å². The summed E-state index contributed by atoms with van der Waals surface area (Å²) in [6, 6.07) is 84.4. The van der Waals surface area contributed by atoms with Crippen LogP contribution in [-0.4, -0.2) is 166 Å². The lowest BCUT2D eigenvalue weighted by molar-refractivity contribution is -0.0336. The molecule has 756 valence electrons. The quantitative estimate of drug-likeness (QED) is 0.0138. The third-order valence-corrected chi connectivity index (χ3v) is 34.7. The van der Waals surface area contributed by atoms with Crippen molar-refractivity contribution in [2.45, 2.75) is 186 Å². The number of fused-ring (bicyclic) bond motifs is 4. The highest BCUT2D eigenvalue weighted by Crippen LogP contribution is 2.72. The monoisotopic (exact) mass is 2120 g/mol. The van der Waals surface area contributed by atoms with Crippen molar-refractivity contribution in [2.24, 2.45) is 11.8 Å². The summed E-state index contributed by atoms with van der Waals surface area (Å²) in [5, 5.41) is 67.8. The number of aliphatic hydroxyl groups is 5. The van der Waals surface area contributed by atoms with E-state index in [4.69, 9.17) is 104 Å². The first-order chi connectivity index (χ1) is 68.4. The number of hydrogen-bond acceptors (Lipinski definition) is 28. The van der Waals surface area contributed by atoms with E-state index in [0.29, 0.717) is 79.4 Å². The third kappa shape index (κ3) is 30.4. The molecule has 12 N–H and O–H groups in total. The maximum Gasteiger partial charge on any atom is 0.340 e. The van der Waals surface area contributed by atoms with E-state index in [0.717, 1.165) is 102 Å². The molecule has 0 aliphatic carbocycles. The zero-order valence-corrected chi connectivity index (χ0v) is 86.7. The van der Waals surface area contributed by atoms with Crippen LogP contribution in [0.5, 0.6) is 0 Å². The summed E-state index contributed by atoms with van der Waals surface area (Å²) in [7, 11) is -9.44. The van der Waals surface area contributed by atoms with Crippen LogP contribution in [0.2, 0.25) is 5.28 Å². The Labute approximate surface area is 853 Å². The fourth-order valence-electron chi connectivity index (χ4n) is 17.5. The van der Waals surface area contributed by atoms with E-state index in [1.807, 2.05) is 153 Å². The molecule has 0 bridgehead atoms. The van der Waals surface area contributed by atoms with Gasteiger partial charge in [0.1, 0.15) is 108 Å². The number of hydrogen-bond donors (Lipinski definition) is 12. The molecule has 143 heavy (non-hydrogen) atoms. The predicted octanol–water partition coefficient (Wildman–Crippen LogP) is 21.6. The van der Waals surface area contributed by atoms with Crippen molar-refractivity contribution in [3.63, 3.8) is 0 Å². The van der Waals surface area contributed by atoms with Crippen molar-refractivity contribution in [1.82, 2.24) is 39.9 Å². The number of aryl methyl sites for hydroxylation is 3. The van der Waals surface area contributed by atoms with Crippen LogP contribution in [0.25, 0.3) is 43.6 Å². The summed E-state index contributed by atoms with van der Waals surface area (Å²) in [4.78, 5) is 63.9. The molecule has 4 aliphatic rings. The molecule has 0 saturated carbocycles. The standard InChI is InChI=1S/C30H33N3O2.C29H30ClN3O2.C22H27N3O9P2.C21H23N3O4.CH2Cl4O2P2/c1-4-27-20(2)28(34-19-23-13-9-6-10-14-23)29(35-27)24-15-16-25-26(17-24)32-21(3)33-30(25)31-18-22-11-7-5-8-12-22;1-3-25-19(2)26(34-18-21-12-8-5-9-13-21)27(35-25)22-14-15-23-24(16-22)32-29(30)33-28(23)31-17-20-10-6-4-7-11-20;1-13-24-17-9-15(7-8-16(17)22(25-13)23-10-14-5-3-2-4-6-14)21-20(27)19(26)18(34-21)11-33-36(31,32)12-35(28,29)30;1-12-23-16-9-14(20-19(27)18(26)17(11-25)28-20)7-8-15(16)21(24-12)22-10-13-5-3-2-4-6-13;2-8(3,6)1-9(4,5)7/h5-17,20,27-29H,4,18-19H2,1-3H3,(H,31,32,33);4-16,19,25-27H,3,17-18H2,1-2H3,(H,31,32,33);2-9,18-21,26-27H,10-12H2,1H3,(H,31,32)(H,23,24,25)(H2,28,29,30);2-9,17-20,25-27H,10-11H2,1H3,(H,22,23,24);1H2/t20-,27-,28-,29+;19-,25-,26-,27+;18-,19-,20-,21+;17-,18-,19-,20+;/m1111./s1. The van der Waals surface area contributed by atoms with Crippen LogP contribution in [0.4, 0.5) is 23.3 Å². The molecule has 1 unspecified atom stereocenters. The normalized spacial score (nSPS) is 22.5. The predicted molar refractivity (Wildman–Crippen MR) is 559 cm³/mol. The summed E-state index contributed by atoms with van der Waals surface area (Å²) < 4.78 is 85.8. The summed E-state index contributed by atoms with van der Waals surface area (Å²) in [5.74, 6) is -3.21. The first-order valence-electron chi connectivity index (χ1n) is 46.6. The molecule has 4 saturated heterocycles. The molecule has 10 aromatic carbocycles. The average Bonchev–Trinajstić information content (AvgIpc) is 1.71. The van der Waals surface area contributed by atoms with Crippen LogP contribution < -0.4 is 21.3 Å². The Kier molecular flexibility index (Phi) is 38.4. The van der Waals surface area contributed by atoms with Gasteiger partial charge >= 0.3 is 15.2 Å². The van der Waals surface area contributed by atoms with Crippen LogP contribution in [0.3, 0.4) is 0 Å². The molecule has 4 aliphatic heterocycles. The summed E-state index contributed by atoms with van der Waals surface area (Å²) >= 11 is 26.3. The highest BCUT2D eigenvalue weighted by molar-refractivity contribution is 8.21. The van der Waals surface area contributed by atoms with Crippen LogP contribution in [0.15, 0.2) is 255 Å². The van der Waals surface area contributed by atoms with E-state index in [9.17, 15) is 48.7 Å². The van der Waals surface area contributed by atoms with Crippen molar-refractivity contribution < 1.29 is 91.4 Å². The van der Waals surface area contributed by atoms with Gasteiger partial charge in [-0.25, -0.2) is 39.9 Å². The minimum absolute atomic E-state index is 0.0174. The third-order valence-electron chi connectivity index (χ3n) is 24.6. The van der Waals surface area contributed by atoms with Crippen molar-refractivity contribution >= 4 is 150 Å². The molecule has 17 atom stereocenters. The number of anilines is 4. The maximum absolute atomic E-state index is 11.9. The first kappa shape index (κ1) is 109. The molecule has 0 amide bonds. The smallest absolute Gasteiger partial charge is 0.340 e. The Morgan fingerprint density at radius 1 is 0.357 bits per heavy atom. The number of ether oxygens (including phenoxy) is 6. The summed E-state index contributed by atoms with van der Waals surface area (Å²) in [5.41, 5.74) is 13.3. The lowest BCUT2D eigenvalue weighted by atomic mass is 9.93. The number of nitrogens with zero attached hydrogens (tertiary/aromatic N) is 8. The lowest BCUT2D eigenvalue weighted by Crippen LogP contribution is -2.33. The minimum atomic E-state index is -4.80. The second-order valence-corrected chi connectivity index (χ2v) is 50.6. The van der Waals surface area contributed by atoms with Gasteiger partial charge in [-0.1, -0.05) is 234 Å². The Morgan fingerprint density at radius 3 is 0.937 bits per heavy atom. The number of rotatable bonds is 32. The van der Waals surface area contributed by atoms with E-state index in [1.165, 1.54) is 16.7 Å². The molecule has 4 aromatic heterocycles. The van der Waals surface area contributed by atoms with Crippen molar-refractivity contribution in [1.29, 1.82) is 0 Å². The van der Waals surface area contributed by atoms with Crippen molar-refractivity contribution in [3.05, 3.63) is 333 Å². The second-order valence-electron chi connectivity index (χ2n) is 35.3.